The summed E-state index contributed by atoms with van der Waals surface area (Å²) in [5, 5.41) is 5.95. The molecule has 0 aliphatic carbocycles. The number of hydrogen-bond donors (Lipinski definition) is 2. The van der Waals surface area contributed by atoms with Crippen molar-refractivity contribution in [3.63, 3.8) is 0 Å². The lowest BCUT2D eigenvalue weighted by molar-refractivity contribution is -0.162. The Kier molecular flexibility index (Phi) is 17.4. The molecule has 7 rings (SSSR count). The highest BCUT2D eigenvalue weighted by Gasteiger charge is 2.45. The number of hydrogen-bond acceptors (Lipinski definition) is 11. The number of methoxy groups -OCH3 is 2. The normalized spacial score (nSPS) is 17.5. The van der Waals surface area contributed by atoms with E-state index in [2.05, 4.69) is 49.3 Å². The van der Waals surface area contributed by atoms with Crippen molar-refractivity contribution in [2.45, 2.75) is 129 Å². The SMILES string of the molecule is C=C1CCC(N2C(=O)c3cccc(NCCCCCC(=O)COc4ccccc4[C@@H](CCc4ccc(C)c(C)c4)OC(=O)[C@@H]4CCCCN4C(=O)[C@@H](CC)c4cc(C)c(OC)c(OC)c4)c3C2=O)C(=O)N1. The molecule has 0 radical (unpaired) electrons. The molecule has 0 aromatic heterocycles. The van der Waals surface area contributed by atoms with E-state index >= 15 is 0 Å². The molecule has 71 heavy (non-hydrogen) atoms. The highest BCUT2D eigenvalue weighted by molar-refractivity contribution is 6.25. The zero-order chi connectivity index (χ0) is 50.8. The van der Waals surface area contributed by atoms with Gasteiger partial charge in [-0.1, -0.05) is 68.5 Å². The molecule has 376 valence electrons. The van der Waals surface area contributed by atoms with Gasteiger partial charge in [0.25, 0.3) is 11.8 Å². The van der Waals surface area contributed by atoms with E-state index in [1.54, 1.807) is 43.4 Å². The standard InChI is InChI=1S/C57H68N4O10/c1-8-42(40-32-37(4)52(69-7)50(33-40)68-6)54(64)60-30-15-13-21-47(60)57(67)71-49(28-26-39-25-23-35(2)36(3)31-39)43-18-11-12-22-48(43)70-34-41(62)17-10-9-14-29-58-45-20-16-19-44-51(45)56(66)61(55(44)65)46-27-24-38(5)59-53(46)63/h11-12,16,18-20,22-23,25,31-33,42,46-47,49,58H,5,8-10,13-15,17,21,24,26-30,34H2,1-4,6-7H3,(H,59,63)/t42-,46?,47-,49+/m0/s1. The number of anilines is 1. The lowest BCUT2D eigenvalue weighted by Crippen LogP contribution is -2.51. The van der Waals surface area contributed by atoms with E-state index in [0.29, 0.717) is 105 Å². The monoisotopic (exact) mass is 968 g/mol. The Morgan fingerprint density at radius 3 is 2.39 bits per heavy atom. The third-order valence-electron chi connectivity index (χ3n) is 14.1. The number of amides is 4. The second kappa shape index (κ2) is 23.8. The minimum absolute atomic E-state index is 0.0802. The largest absolute Gasteiger partial charge is 0.493 e. The van der Waals surface area contributed by atoms with Crippen molar-refractivity contribution < 1.29 is 47.7 Å². The lowest BCUT2D eigenvalue weighted by Gasteiger charge is -2.37. The Balaban J connectivity index is 0.972. The molecule has 2 fully saturated rings. The predicted molar refractivity (Wildman–Crippen MR) is 271 cm³/mol. The Bertz CT molecular complexity index is 2660. The molecule has 2 saturated heterocycles. The summed E-state index contributed by atoms with van der Waals surface area (Å²) in [6.45, 7) is 12.6. The molecule has 4 amide bonds. The topological polar surface area (TPSA) is 170 Å². The van der Waals surface area contributed by atoms with E-state index < -0.39 is 47.8 Å². The van der Waals surface area contributed by atoms with Crippen LogP contribution in [0.25, 0.3) is 0 Å². The summed E-state index contributed by atoms with van der Waals surface area (Å²) in [4.78, 5) is 84.6. The zero-order valence-electron chi connectivity index (χ0n) is 42.0. The molecule has 0 saturated carbocycles. The lowest BCUT2D eigenvalue weighted by atomic mass is 9.91. The smallest absolute Gasteiger partial charge is 0.329 e. The van der Waals surface area contributed by atoms with Gasteiger partial charge >= 0.3 is 5.97 Å². The fourth-order valence-corrected chi connectivity index (χ4v) is 10.0. The first-order valence-corrected chi connectivity index (χ1v) is 25.0. The van der Waals surface area contributed by atoms with Gasteiger partial charge in [-0.25, -0.2) is 4.79 Å². The van der Waals surface area contributed by atoms with Crippen LogP contribution in [0.15, 0.2) is 85.1 Å². The van der Waals surface area contributed by atoms with Crippen molar-refractivity contribution >= 4 is 41.1 Å². The average molecular weight is 969 g/mol. The summed E-state index contributed by atoms with van der Waals surface area (Å²) < 4.78 is 23.9. The van der Waals surface area contributed by atoms with Gasteiger partial charge in [0, 0.05) is 36.5 Å². The number of nitrogens with one attached hydrogen (secondary N) is 2. The highest BCUT2D eigenvalue weighted by atomic mass is 16.5. The Hall–Kier alpha value is -6.96. The van der Waals surface area contributed by atoms with Crippen molar-refractivity contribution in [1.29, 1.82) is 0 Å². The number of carbonyl (C=O) groups is 6. The molecular formula is C57H68N4O10. The quantitative estimate of drug-likeness (QED) is 0.0437. The van der Waals surface area contributed by atoms with E-state index in [9.17, 15) is 28.8 Å². The molecule has 14 nitrogen and oxygen atoms in total. The van der Waals surface area contributed by atoms with Crippen LogP contribution in [0.4, 0.5) is 5.69 Å². The number of carbonyl (C=O) groups excluding carboxylic acids is 6. The van der Waals surface area contributed by atoms with E-state index in [-0.39, 0.29) is 29.4 Å². The van der Waals surface area contributed by atoms with Crippen molar-refractivity contribution in [1.82, 2.24) is 15.1 Å². The molecule has 1 unspecified atom stereocenters. The molecule has 0 spiro atoms. The minimum Gasteiger partial charge on any atom is -0.493 e. The van der Waals surface area contributed by atoms with Gasteiger partial charge in [0.2, 0.25) is 11.8 Å². The number of rotatable bonds is 22. The van der Waals surface area contributed by atoms with Crippen molar-refractivity contribution in [2.75, 3.05) is 39.2 Å². The van der Waals surface area contributed by atoms with Crippen molar-refractivity contribution in [3.8, 4) is 17.2 Å². The van der Waals surface area contributed by atoms with Gasteiger partial charge < -0.3 is 34.5 Å². The number of allylic oxidation sites excluding steroid dienone is 1. The van der Waals surface area contributed by atoms with Crippen LogP contribution in [0.5, 0.6) is 17.2 Å². The molecule has 14 heteroatoms. The summed E-state index contributed by atoms with van der Waals surface area (Å²) in [6, 6.07) is 20.9. The fourth-order valence-electron chi connectivity index (χ4n) is 10.0. The van der Waals surface area contributed by atoms with Crippen molar-refractivity contribution in [3.05, 3.63) is 130 Å². The highest BCUT2D eigenvalue weighted by Crippen LogP contribution is 2.38. The predicted octanol–water partition coefficient (Wildman–Crippen LogP) is 9.43. The number of para-hydroxylation sites is 1. The van der Waals surface area contributed by atoms with Crippen LogP contribution in [0, 0.1) is 20.8 Å². The molecule has 3 heterocycles. The maximum Gasteiger partial charge on any atom is 0.329 e. The first kappa shape index (κ1) is 51.9. The molecule has 4 aromatic carbocycles. The number of nitrogens with zero attached hydrogens (tertiary/aromatic N) is 2. The number of benzene rings is 4. The number of piperidine rings is 2. The number of fused-ring (bicyclic) bond motifs is 1. The maximum atomic E-state index is 14.5. The fraction of sp³-hybridized carbons (Fsp3) is 0.439. The number of Topliss-reactive ketones (excluding diaryl/α,β-unsaturated/α-hetero) is 1. The number of esters is 1. The van der Waals surface area contributed by atoms with E-state index in [1.807, 2.05) is 44.2 Å². The van der Waals surface area contributed by atoms with Gasteiger partial charge in [-0.05, 0) is 137 Å². The van der Waals surface area contributed by atoms with Crippen LogP contribution in [0.1, 0.15) is 144 Å². The summed E-state index contributed by atoms with van der Waals surface area (Å²) in [5.74, 6) is -0.975. The molecule has 3 aliphatic rings. The number of unbranched alkanes of at least 4 members (excludes halogenated alkanes) is 2. The van der Waals surface area contributed by atoms with Gasteiger partial charge in [0.15, 0.2) is 17.3 Å². The zero-order valence-corrected chi connectivity index (χ0v) is 42.0. The average Bonchev–Trinajstić information content (AvgIpc) is 3.62. The maximum absolute atomic E-state index is 14.5. The third-order valence-corrected chi connectivity index (χ3v) is 14.1. The number of aryl methyl sites for hydroxylation is 4. The summed E-state index contributed by atoms with van der Waals surface area (Å²) in [6.07, 6.45) is 6.02. The van der Waals surface area contributed by atoms with Gasteiger partial charge in [-0.15, -0.1) is 0 Å². The van der Waals surface area contributed by atoms with E-state index in [4.69, 9.17) is 18.9 Å². The van der Waals surface area contributed by atoms with Crippen LogP contribution in [0.2, 0.25) is 0 Å². The number of ketones is 1. The Morgan fingerprint density at radius 1 is 0.845 bits per heavy atom. The molecule has 2 N–H and O–H groups in total. The molecule has 0 bridgehead atoms. The van der Waals surface area contributed by atoms with E-state index in [1.165, 1.54) is 11.1 Å². The van der Waals surface area contributed by atoms with Crippen molar-refractivity contribution in [2.24, 2.45) is 0 Å². The van der Waals surface area contributed by atoms with Gasteiger partial charge in [0.05, 0.1) is 31.3 Å². The third kappa shape index (κ3) is 12.0. The number of imide groups is 1. The van der Waals surface area contributed by atoms with Crippen LogP contribution in [-0.4, -0.2) is 91.2 Å². The summed E-state index contributed by atoms with van der Waals surface area (Å²) in [5.41, 5.74) is 7.37. The minimum atomic E-state index is -0.888. The van der Waals surface area contributed by atoms with Gasteiger partial charge in [0.1, 0.15) is 30.5 Å². The molecule has 4 aromatic rings. The summed E-state index contributed by atoms with van der Waals surface area (Å²) in [7, 11) is 3.16. The second-order valence-electron chi connectivity index (χ2n) is 18.9. The summed E-state index contributed by atoms with van der Waals surface area (Å²) >= 11 is 0. The second-order valence-corrected chi connectivity index (χ2v) is 18.9. The molecular weight excluding hydrogens is 901 g/mol. The first-order chi connectivity index (χ1) is 34.2. The van der Waals surface area contributed by atoms with Crippen LogP contribution in [0.3, 0.4) is 0 Å². The van der Waals surface area contributed by atoms with Gasteiger partial charge in [-0.2, -0.15) is 0 Å². The van der Waals surface area contributed by atoms with Gasteiger partial charge in [-0.3, -0.25) is 28.9 Å². The number of ether oxygens (including phenoxy) is 4. The number of likely N-dealkylation sites (tertiary alicyclic amines) is 1. The van der Waals surface area contributed by atoms with Crippen LogP contribution < -0.4 is 24.8 Å². The Labute approximate surface area is 417 Å². The van der Waals surface area contributed by atoms with Crippen LogP contribution in [-0.2, 0) is 30.3 Å². The molecule has 4 atom stereocenters. The van der Waals surface area contributed by atoms with E-state index in [0.717, 1.165) is 40.9 Å². The Morgan fingerprint density at radius 2 is 1.65 bits per heavy atom. The first-order valence-electron chi connectivity index (χ1n) is 25.0. The molecule has 3 aliphatic heterocycles. The van der Waals surface area contributed by atoms with Crippen LogP contribution >= 0.6 is 0 Å².